The van der Waals surface area contributed by atoms with Crippen molar-refractivity contribution in [3.8, 4) is 0 Å². The quantitative estimate of drug-likeness (QED) is 0.697. The summed E-state index contributed by atoms with van der Waals surface area (Å²) in [5.41, 5.74) is 0. The van der Waals surface area contributed by atoms with E-state index < -0.39 is 20.0 Å². The highest BCUT2D eigenvalue weighted by atomic mass is 32.2. The summed E-state index contributed by atoms with van der Waals surface area (Å²) in [6, 6.07) is 6.18. The maximum atomic E-state index is 12.7. The van der Waals surface area contributed by atoms with Crippen LogP contribution in [0.4, 0.5) is 0 Å². The number of rotatable bonds is 8. The Hall–Kier alpha value is -1.00. The lowest BCUT2D eigenvalue weighted by Crippen LogP contribution is -2.41. The molecule has 1 aliphatic heterocycles. The molecule has 2 fully saturated rings. The van der Waals surface area contributed by atoms with Gasteiger partial charge in [0.1, 0.15) is 0 Å². The number of nitrogens with zero attached hydrogens (tertiary/aromatic N) is 2. The fraction of sp³-hybridized carbons (Fsp3) is 0.667. The summed E-state index contributed by atoms with van der Waals surface area (Å²) in [6.45, 7) is 3.37. The smallest absolute Gasteiger partial charge is 0.243 e. The van der Waals surface area contributed by atoms with Crippen molar-refractivity contribution >= 4 is 20.0 Å². The fourth-order valence-corrected chi connectivity index (χ4v) is 5.98. The first-order valence-corrected chi connectivity index (χ1v) is 12.5. The molecule has 1 aromatic rings. The summed E-state index contributed by atoms with van der Waals surface area (Å²) in [7, 11) is -5.21. The Kier molecular flexibility index (Phi) is 6.27. The molecule has 2 aliphatic rings. The molecule has 0 aromatic heterocycles. The first-order chi connectivity index (χ1) is 12.7. The van der Waals surface area contributed by atoms with Gasteiger partial charge in [-0.05, 0) is 63.9 Å². The van der Waals surface area contributed by atoms with Gasteiger partial charge in [-0.15, -0.1) is 0 Å². The van der Waals surface area contributed by atoms with Gasteiger partial charge < -0.3 is 0 Å². The van der Waals surface area contributed by atoms with Crippen LogP contribution in [0.1, 0.15) is 39.0 Å². The van der Waals surface area contributed by atoms with Crippen molar-refractivity contribution in [3.05, 3.63) is 24.3 Å². The van der Waals surface area contributed by atoms with Gasteiger partial charge >= 0.3 is 0 Å². The van der Waals surface area contributed by atoms with Crippen LogP contribution in [0.5, 0.6) is 0 Å². The molecule has 0 bridgehead atoms. The first-order valence-electron chi connectivity index (χ1n) is 9.53. The minimum Gasteiger partial charge on any atom is -0.299 e. The summed E-state index contributed by atoms with van der Waals surface area (Å²) >= 11 is 0. The van der Waals surface area contributed by atoms with Gasteiger partial charge in [0.15, 0.2) is 0 Å². The maximum Gasteiger partial charge on any atom is 0.243 e. The molecule has 1 heterocycles. The maximum absolute atomic E-state index is 12.7. The van der Waals surface area contributed by atoms with E-state index in [9.17, 15) is 16.8 Å². The molecule has 0 amide bonds. The van der Waals surface area contributed by atoms with Crippen LogP contribution in [0, 0.1) is 0 Å². The van der Waals surface area contributed by atoms with Gasteiger partial charge in [0.05, 0.1) is 9.79 Å². The Bertz CT molecular complexity index is 843. The van der Waals surface area contributed by atoms with E-state index in [1.165, 1.54) is 41.4 Å². The van der Waals surface area contributed by atoms with Gasteiger partial charge in [-0.2, -0.15) is 4.31 Å². The molecule has 1 unspecified atom stereocenters. The predicted octanol–water partition coefficient (Wildman–Crippen LogP) is 1.62. The van der Waals surface area contributed by atoms with Crippen molar-refractivity contribution in [2.45, 2.75) is 60.9 Å². The lowest BCUT2D eigenvalue weighted by molar-refractivity contribution is 0.248. The zero-order valence-corrected chi connectivity index (χ0v) is 17.6. The van der Waals surface area contributed by atoms with Crippen LogP contribution in [0.3, 0.4) is 0 Å². The van der Waals surface area contributed by atoms with Gasteiger partial charge in [-0.25, -0.2) is 21.6 Å². The second-order valence-electron chi connectivity index (χ2n) is 7.53. The molecule has 0 radical (unpaired) electrons. The first kappa shape index (κ1) is 20.7. The van der Waals surface area contributed by atoms with Crippen molar-refractivity contribution in [1.29, 1.82) is 0 Å². The van der Waals surface area contributed by atoms with E-state index in [0.29, 0.717) is 25.7 Å². The lowest BCUT2D eigenvalue weighted by Gasteiger charge is -2.26. The Labute approximate surface area is 162 Å². The minimum atomic E-state index is -3.67. The molecule has 9 heteroatoms. The van der Waals surface area contributed by atoms with Gasteiger partial charge in [0.2, 0.25) is 20.0 Å². The normalized spacial score (nSPS) is 20.7. The summed E-state index contributed by atoms with van der Waals surface area (Å²) in [5.74, 6) is 0. The van der Waals surface area contributed by atoms with Crippen molar-refractivity contribution in [2.24, 2.45) is 0 Å². The van der Waals surface area contributed by atoms with Crippen LogP contribution in [0.15, 0.2) is 34.1 Å². The number of likely N-dealkylation sites (N-methyl/N-ethyl adjacent to an activating group) is 1. The molecule has 7 nitrogen and oxygen atoms in total. The topological polar surface area (TPSA) is 86.8 Å². The van der Waals surface area contributed by atoms with Gasteiger partial charge in [-0.3, -0.25) is 4.90 Å². The monoisotopic (exact) mass is 415 g/mol. The number of hydrogen-bond donors (Lipinski definition) is 1. The van der Waals surface area contributed by atoms with Crippen LogP contribution in [0.2, 0.25) is 0 Å². The van der Waals surface area contributed by atoms with Crippen molar-refractivity contribution in [2.75, 3.05) is 26.7 Å². The van der Waals surface area contributed by atoms with E-state index >= 15 is 0 Å². The van der Waals surface area contributed by atoms with Gasteiger partial charge in [-0.1, -0.05) is 6.42 Å². The van der Waals surface area contributed by atoms with Crippen LogP contribution in [0.25, 0.3) is 0 Å². The molecule has 1 saturated carbocycles. The zero-order valence-electron chi connectivity index (χ0n) is 16.0. The van der Waals surface area contributed by atoms with E-state index in [-0.39, 0.29) is 15.8 Å². The summed E-state index contributed by atoms with van der Waals surface area (Å²) in [6.07, 6.45) is 5.11. The molecule has 3 rings (SSSR count). The number of nitrogens with one attached hydrogen (secondary N) is 1. The zero-order chi connectivity index (χ0) is 19.7. The highest BCUT2D eigenvalue weighted by Crippen LogP contribution is 2.27. The second-order valence-corrected chi connectivity index (χ2v) is 11.2. The van der Waals surface area contributed by atoms with Crippen molar-refractivity contribution < 1.29 is 16.8 Å². The lowest BCUT2D eigenvalue weighted by atomic mass is 10.2. The predicted molar refractivity (Wildman–Crippen MR) is 104 cm³/mol. The van der Waals surface area contributed by atoms with Crippen LogP contribution < -0.4 is 4.72 Å². The molecular formula is C18H29N3O4S2. The Morgan fingerprint density at radius 3 is 2.15 bits per heavy atom. The molecule has 1 atom stereocenters. The minimum absolute atomic E-state index is 0.0846. The number of piperidine rings is 1. The highest BCUT2D eigenvalue weighted by Gasteiger charge is 2.30. The Balaban J connectivity index is 1.66. The summed E-state index contributed by atoms with van der Waals surface area (Å²) in [5, 5.41) is 0. The van der Waals surface area contributed by atoms with Gasteiger partial charge in [0.25, 0.3) is 0 Å². The molecule has 152 valence electrons. The highest BCUT2D eigenvalue weighted by molar-refractivity contribution is 7.89. The van der Waals surface area contributed by atoms with E-state index in [1.54, 1.807) is 0 Å². The Morgan fingerprint density at radius 2 is 1.59 bits per heavy atom. The number of benzene rings is 1. The molecule has 1 aliphatic carbocycles. The number of sulfonamides is 2. The summed E-state index contributed by atoms with van der Waals surface area (Å²) < 4.78 is 54.5. The second kappa shape index (κ2) is 8.16. The molecule has 27 heavy (non-hydrogen) atoms. The third-order valence-corrected chi connectivity index (χ3v) is 8.83. The van der Waals surface area contributed by atoms with E-state index in [4.69, 9.17) is 0 Å². The average Bonchev–Trinajstić information content (AvgIpc) is 3.51. The van der Waals surface area contributed by atoms with Crippen LogP contribution in [-0.4, -0.2) is 64.8 Å². The third kappa shape index (κ3) is 4.89. The van der Waals surface area contributed by atoms with E-state index in [0.717, 1.165) is 19.3 Å². The van der Waals surface area contributed by atoms with Crippen molar-refractivity contribution in [3.63, 3.8) is 0 Å². The van der Waals surface area contributed by atoms with E-state index in [1.807, 2.05) is 14.0 Å². The third-order valence-electron chi connectivity index (χ3n) is 5.47. The van der Waals surface area contributed by atoms with Crippen molar-refractivity contribution in [1.82, 2.24) is 13.9 Å². The average molecular weight is 416 g/mol. The molecule has 0 spiro atoms. The van der Waals surface area contributed by atoms with Crippen LogP contribution in [-0.2, 0) is 20.0 Å². The SMILES string of the molecule is CC(CNS(=O)(=O)c1ccc(S(=O)(=O)N2CCCCC2)cc1)N(C)C1CC1. The van der Waals surface area contributed by atoms with Gasteiger partial charge in [0, 0.05) is 31.7 Å². The molecular weight excluding hydrogens is 386 g/mol. The molecule has 1 saturated heterocycles. The van der Waals surface area contributed by atoms with Crippen LogP contribution >= 0.6 is 0 Å². The fourth-order valence-electron chi connectivity index (χ4n) is 3.34. The van der Waals surface area contributed by atoms with E-state index in [2.05, 4.69) is 9.62 Å². The largest absolute Gasteiger partial charge is 0.299 e. The number of hydrogen-bond acceptors (Lipinski definition) is 5. The standard InChI is InChI=1S/C18H29N3O4S2/c1-15(20(2)16-6-7-16)14-19-26(22,23)17-8-10-18(11-9-17)27(24,25)21-12-4-3-5-13-21/h8-11,15-16,19H,3-7,12-14H2,1-2H3. The Morgan fingerprint density at radius 1 is 1.04 bits per heavy atom. The molecule has 1 aromatic carbocycles. The summed E-state index contributed by atoms with van der Waals surface area (Å²) in [4.78, 5) is 2.42. The molecule has 1 N–H and O–H groups in total.